The number of anilines is 4. The largest absolute Gasteiger partial charge is 0.457 e. The molecular weight excluding hydrogens is 790 g/mol. The van der Waals surface area contributed by atoms with Crippen LogP contribution in [0.5, 0.6) is 11.5 Å². The van der Waals surface area contributed by atoms with Crippen LogP contribution in [0.3, 0.4) is 0 Å². The Bertz CT molecular complexity index is 3000. The highest BCUT2D eigenvalue weighted by Gasteiger charge is 2.33. The topological polar surface area (TPSA) is 33.5 Å². The summed E-state index contributed by atoms with van der Waals surface area (Å²) >= 11 is 0. The molecule has 8 aromatic rings. The molecule has 0 amide bonds. The number of rotatable bonds is 9. The van der Waals surface area contributed by atoms with Gasteiger partial charge in [-0.1, -0.05) is 92.6 Å². The minimum atomic E-state index is -0.942. The number of ether oxygens (including phenoxy) is 1. The Morgan fingerprint density at radius 3 is 1.89 bits per heavy atom. The fraction of sp³-hybridized carbons (Fsp3) is 0.255. The monoisotopic (exact) mass is 842 g/mol. The van der Waals surface area contributed by atoms with Crippen LogP contribution in [-0.4, -0.2) is 16.2 Å². The van der Waals surface area contributed by atoms with Gasteiger partial charge in [0.1, 0.15) is 41.4 Å². The summed E-state index contributed by atoms with van der Waals surface area (Å²) in [6, 6.07) is 39.1. The molecule has 2 aromatic heterocycles. The Kier molecular flexibility index (Phi) is 10.6. The fourth-order valence-electron chi connectivity index (χ4n) is 9.02. The van der Waals surface area contributed by atoms with Crippen LogP contribution in [0.4, 0.5) is 35.9 Å². The molecule has 0 unspecified atom stereocenters. The quantitative estimate of drug-likeness (QED) is 0.145. The molecule has 5 nitrogen and oxygen atoms in total. The van der Waals surface area contributed by atoms with E-state index in [1.165, 1.54) is 5.56 Å². The van der Waals surface area contributed by atoms with Gasteiger partial charge in [-0.05, 0) is 118 Å². The molecule has 0 radical (unpaired) electrons. The van der Waals surface area contributed by atoms with Crippen LogP contribution >= 0.6 is 0 Å². The number of halogens is 3. The van der Waals surface area contributed by atoms with Crippen molar-refractivity contribution in [2.24, 2.45) is 0 Å². The van der Waals surface area contributed by atoms with Crippen LogP contribution in [0.25, 0.3) is 38.8 Å². The molecule has 0 bridgehead atoms. The summed E-state index contributed by atoms with van der Waals surface area (Å²) in [6.45, 7) is 19.9. The molecule has 0 spiro atoms. The van der Waals surface area contributed by atoms with Gasteiger partial charge in [0, 0.05) is 52.6 Å². The van der Waals surface area contributed by atoms with Crippen LogP contribution in [-0.2, 0) is 5.41 Å². The van der Waals surface area contributed by atoms with Gasteiger partial charge in [-0.15, -0.1) is 0 Å². The van der Waals surface area contributed by atoms with Crippen molar-refractivity contribution in [1.82, 2.24) is 9.55 Å². The Hall–Kier alpha value is -6.54. The first-order valence-corrected chi connectivity index (χ1v) is 21.9. The second-order valence-electron chi connectivity index (χ2n) is 18.7. The van der Waals surface area contributed by atoms with Crippen molar-refractivity contribution < 1.29 is 17.9 Å². The van der Waals surface area contributed by atoms with Crippen LogP contribution in [0.1, 0.15) is 102 Å². The van der Waals surface area contributed by atoms with Crippen molar-refractivity contribution >= 4 is 44.6 Å². The van der Waals surface area contributed by atoms with Gasteiger partial charge in [-0.3, -0.25) is 4.57 Å². The summed E-state index contributed by atoms with van der Waals surface area (Å²) in [5.74, 6) is -0.266. The SMILES string of the molecule is CC(C)c1cc(Oc2ccc3c4ccccc4n(-c4cc(C(C)(C)C)ccn4)c3c2)cc(N2CN(c3c(C(C)C)cc(-c4c(F)cc(F)cc4F)cc3C(C)C)c3ccccc32)c1. The lowest BCUT2D eigenvalue weighted by atomic mass is 9.87. The standard InChI is InChI=1S/C55H53F3N4O/c1-32(2)35-22-39(29-41(23-35)63-40-18-19-43-42-14-10-11-15-48(42)62(51(43)30-40)52-26-37(20-21-59-52)55(7,8)9)60-31-61(50-17-13-12-16-49(50)60)54-44(33(3)4)24-36(25-45(54)34(5)6)53-46(57)27-38(56)28-47(53)58/h10-30,32-34H,31H2,1-9H3. The van der Waals surface area contributed by atoms with Gasteiger partial charge in [-0.25, -0.2) is 18.2 Å². The molecule has 6 aromatic carbocycles. The average Bonchev–Trinajstić information content (AvgIpc) is 3.78. The molecule has 9 rings (SSSR count). The number of pyridine rings is 1. The van der Waals surface area contributed by atoms with Gasteiger partial charge in [0.2, 0.25) is 0 Å². The first-order valence-electron chi connectivity index (χ1n) is 21.9. The molecular formula is C55H53F3N4O. The third-order valence-corrected chi connectivity index (χ3v) is 12.3. The Morgan fingerprint density at radius 1 is 0.603 bits per heavy atom. The van der Waals surface area contributed by atoms with E-state index in [1.807, 2.05) is 30.5 Å². The number of benzene rings is 6. The third-order valence-electron chi connectivity index (χ3n) is 12.3. The van der Waals surface area contributed by atoms with Crippen molar-refractivity contribution in [1.29, 1.82) is 0 Å². The molecule has 320 valence electrons. The van der Waals surface area contributed by atoms with E-state index in [2.05, 4.69) is 162 Å². The van der Waals surface area contributed by atoms with Crippen molar-refractivity contribution in [2.45, 2.75) is 85.5 Å². The highest BCUT2D eigenvalue weighted by atomic mass is 19.1. The summed E-state index contributed by atoms with van der Waals surface area (Å²) in [6.07, 6.45) is 1.89. The molecule has 1 aliphatic rings. The zero-order valence-electron chi connectivity index (χ0n) is 37.4. The molecule has 1 aliphatic heterocycles. The number of hydrogen-bond donors (Lipinski definition) is 0. The predicted molar refractivity (Wildman–Crippen MR) is 253 cm³/mol. The lowest BCUT2D eigenvalue weighted by Gasteiger charge is -2.30. The molecule has 8 heteroatoms. The average molecular weight is 843 g/mol. The van der Waals surface area contributed by atoms with Crippen molar-refractivity contribution in [3.63, 3.8) is 0 Å². The maximum absolute atomic E-state index is 15.3. The first-order chi connectivity index (χ1) is 30.1. The number of hydrogen-bond acceptors (Lipinski definition) is 4. The molecule has 0 N–H and O–H groups in total. The van der Waals surface area contributed by atoms with E-state index in [9.17, 15) is 4.39 Å². The van der Waals surface area contributed by atoms with Crippen LogP contribution in [0.2, 0.25) is 0 Å². The molecule has 3 heterocycles. The second kappa shape index (κ2) is 16.0. The molecule has 0 saturated carbocycles. The van der Waals surface area contributed by atoms with E-state index in [0.29, 0.717) is 18.0 Å². The maximum atomic E-state index is 15.3. The number of nitrogens with zero attached hydrogens (tertiary/aromatic N) is 4. The van der Waals surface area contributed by atoms with Gasteiger partial charge in [0.25, 0.3) is 0 Å². The third kappa shape index (κ3) is 7.60. The lowest BCUT2D eigenvalue weighted by Crippen LogP contribution is -2.26. The Balaban J connectivity index is 1.13. The minimum Gasteiger partial charge on any atom is -0.457 e. The zero-order chi connectivity index (χ0) is 44.5. The van der Waals surface area contributed by atoms with E-state index >= 15 is 8.78 Å². The van der Waals surface area contributed by atoms with Gasteiger partial charge in [0.15, 0.2) is 0 Å². The van der Waals surface area contributed by atoms with Crippen LogP contribution in [0.15, 0.2) is 128 Å². The summed E-state index contributed by atoms with van der Waals surface area (Å²) < 4.78 is 53.7. The van der Waals surface area contributed by atoms with Crippen LogP contribution < -0.4 is 14.5 Å². The lowest BCUT2D eigenvalue weighted by molar-refractivity contribution is 0.482. The van der Waals surface area contributed by atoms with Crippen molar-refractivity contribution in [3.8, 4) is 28.4 Å². The number of fused-ring (bicyclic) bond motifs is 4. The van der Waals surface area contributed by atoms with Gasteiger partial charge >= 0.3 is 0 Å². The van der Waals surface area contributed by atoms with E-state index in [1.54, 1.807) is 0 Å². The van der Waals surface area contributed by atoms with Crippen molar-refractivity contribution in [3.05, 3.63) is 167 Å². The molecule has 0 atom stereocenters. The smallest absolute Gasteiger partial charge is 0.137 e. The first kappa shape index (κ1) is 41.8. The highest BCUT2D eigenvalue weighted by Crippen LogP contribution is 2.50. The summed E-state index contributed by atoms with van der Waals surface area (Å²) in [7, 11) is 0. The van der Waals surface area contributed by atoms with Gasteiger partial charge in [0.05, 0.1) is 28.0 Å². The maximum Gasteiger partial charge on any atom is 0.137 e. The predicted octanol–water partition coefficient (Wildman–Crippen LogP) is 16.0. The number of para-hydroxylation sites is 3. The molecule has 0 fully saturated rings. The van der Waals surface area contributed by atoms with Gasteiger partial charge < -0.3 is 14.5 Å². The minimum absolute atomic E-state index is 0.00348. The van der Waals surface area contributed by atoms with E-state index < -0.39 is 17.5 Å². The zero-order valence-corrected chi connectivity index (χ0v) is 37.4. The molecule has 0 saturated heterocycles. The fourth-order valence-corrected chi connectivity index (χ4v) is 9.02. The Morgan fingerprint density at radius 2 is 1.24 bits per heavy atom. The number of aromatic nitrogens is 2. The highest BCUT2D eigenvalue weighted by molar-refractivity contribution is 6.09. The van der Waals surface area contributed by atoms with E-state index in [-0.39, 0.29) is 28.7 Å². The van der Waals surface area contributed by atoms with E-state index in [0.717, 1.165) is 84.9 Å². The van der Waals surface area contributed by atoms with Crippen molar-refractivity contribution in [2.75, 3.05) is 16.5 Å². The summed E-state index contributed by atoms with van der Waals surface area (Å²) in [5.41, 5.74) is 10.5. The normalized spacial score (nSPS) is 13.1. The van der Waals surface area contributed by atoms with Crippen LogP contribution in [0, 0.1) is 17.5 Å². The van der Waals surface area contributed by atoms with Gasteiger partial charge in [-0.2, -0.15) is 0 Å². The summed E-state index contributed by atoms with van der Waals surface area (Å²) in [5, 5.41) is 2.27. The molecule has 63 heavy (non-hydrogen) atoms. The summed E-state index contributed by atoms with van der Waals surface area (Å²) in [4.78, 5) is 9.50. The Labute approximate surface area is 368 Å². The second-order valence-corrected chi connectivity index (χ2v) is 18.7. The molecule has 0 aliphatic carbocycles. The van der Waals surface area contributed by atoms with E-state index in [4.69, 9.17) is 9.72 Å².